The van der Waals surface area contributed by atoms with Gasteiger partial charge in [0, 0.05) is 24.7 Å². The van der Waals surface area contributed by atoms with Crippen molar-refractivity contribution < 1.29 is 14.2 Å². The van der Waals surface area contributed by atoms with Crippen molar-refractivity contribution in [3.05, 3.63) is 18.2 Å². The van der Waals surface area contributed by atoms with Crippen molar-refractivity contribution >= 4 is 0 Å². The number of hydrogen-bond acceptors (Lipinski definition) is 4. The lowest BCUT2D eigenvalue weighted by Gasteiger charge is -2.27. The summed E-state index contributed by atoms with van der Waals surface area (Å²) in [7, 11) is 3.25. The highest BCUT2D eigenvalue weighted by Crippen LogP contribution is 2.29. The zero-order chi connectivity index (χ0) is 13.6. The Morgan fingerprint density at radius 3 is 1.94 bits per heavy atom. The number of likely N-dealkylation sites (N-methyl/N-ethyl adjacent to an activating group) is 1. The summed E-state index contributed by atoms with van der Waals surface area (Å²) in [5.41, 5.74) is -0.284. The predicted octanol–water partition coefficient (Wildman–Crippen LogP) is 2.47. The fourth-order valence-electron chi connectivity index (χ4n) is 1.62. The van der Waals surface area contributed by atoms with Gasteiger partial charge in [-0.1, -0.05) is 6.92 Å². The van der Waals surface area contributed by atoms with Crippen LogP contribution in [-0.2, 0) is 0 Å². The second-order valence-electron chi connectivity index (χ2n) is 4.69. The van der Waals surface area contributed by atoms with E-state index in [-0.39, 0.29) is 5.60 Å². The van der Waals surface area contributed by atoms with E-state index < -0.39 is 0 Å². The Kier molecular flexibility index (Phi) is 5.28. The van der Waals surface area contributed by atoms with Crippen molar-refractivity contribution in [2.45, 2.75) is 26.4 Å². The molecule has 0 atom stereocenters. The highest BCUT2D eigenvalue weighted by molar-refractivity contribution is 5.42. The molecule has 1 N–H and O–H groups in total. The van der Waals surface area contributed by atoms with E-state index in [4.69, 9.17) is 14.2 Å². The molecule has 4 heteroatoms. The van der Waals surface area contributed by atoms with Gasteiger partial charge in [0.1, 0.15) is 22.8 Å². The molecule has 0 saturated carbocycles. The van der Waals surface area contributed by atoms with Crippen LogP contribution >= 0.6 is 0 Å². The summed E-state index contributed by atoms with van der Waals surface area (Å²) < 4.78 is 16.4. The Hall–Kier alpha value is -1.42. The monoisotopic (exact) mass is 253 g/mol. The molecule has 0 amide bonds. The highest BCUT2D eigenvalue weighted by Gasteiger charge is 2.19. The van der Waals surface area contributed by atoms with E-state index in [2.05, 4.69) is 12.2 Å². The van der Waals surface area contributed by atoms with Gasteiger partial charge < -0.3 is 19.5 Å². The average molecular weight is 253 g/mol. The molecule has 0 fully saturated rings. The summed E-state index contributed by atoms with van der Waals surface area (Å²) >= 11 is 0. The normalized spacial score (nSPS) is 11.2. The first kappa shape index (κ1) is 14.6. The third kappa shape index (κ3) is 4.45. The second-order valence-corrected chi connectivity index (χ2v) is 4.69. The molecular weight excluding hydrogens is 230 g/mol. The zero-order valence-electron chi connectivity index (χ0n) is 11.9. The number of methoxy groups -OCH3 is 2. The van der Waals surface area contributed by atoms with Gasteiger partial charge >= 0.3 is 0 Å². The topological polar surface area (TPSA) is 39.7 Å². The lowest BCUT2D eigenvalue weighted by atomic mass is 10.1. The maximum Gasteiger partial charge on any atom is 0.127 e. The molecule has 4 nitrogen and oxygen atoms in total. The lowest BCUT2D eigenvalue weighted by molar-refractivity contribution is 0.108. The molecule has 1 rings (SSSR count). The van der Waals surface area contributed by atoms with Gasteiger partial charge in [-0.2, -0.15) is 0 Å². The average Bonchev–Trinajstić information content (AvgIpc) is 2.35. The molecule has 1 aromatic rings. The molecule has 18 heavy (non-hydrogen) atoms. The Morgan fingerprint density at radius 2 is 1.50 bits per heavy atom. The zero-order valence-corrected chi connectivity index (χ0v) is 11.9. The molecule has 0 radical (unpaired) electrons. The number of nitrogens with one attached hydrogen (secondary N) is 1. The van der Waals surface area contributed by atoms with Crippen LogP contribution in [0.5, 0.6) is 17.2 Å². The van der Waals surface area contributed by atoms with Crippen LogP contribution in [0.1, 0.15) is 20.8 Å². The van der Waals surface area contributed by atoms with Crippen LogP contribution in [0.3, 0.4) is 0 Å². The van der Waals surface area contributed by atoms with Crippen LogP contribution in [0.2, 0.25) is 0 Å². The van der Waals surface area contributed by atoms with Crippen molar-refractivity contribution in [2.24, 2.45) is 0 Å². The smallest absolute Gasteiger partial charge is 0.127 e. The molecule has 0 bridgehead atoms. The molecule has 0 aliphatic carbocycles. The van der Waals surface area contributed by atoms with E-state index in [1.54, 1.807) is 14.2 Å². The van der Waals surface area contributed by atoms with Crippen LogP contribution in [0.4, 0.5) is 0 Å². The molecule has 0 unspecified atom stereocenters. The summed E-state index contributed by atoms with van der Waals surface area (Å²) in [6, 6.07) is 5.54. The van der Waals surface area contributed by atoms with Crippen molar-refractivity contribution in [2.75, 3.05) is 27.3 Å². The minimum absolute atomic E-state index is 0.284. The molecule has 0 aliphatic rings. The van der Waals surface area contributed by atoms with E-state index >= 15 is 0 Å². The maximum absolute atomic E-state index is 5.97. The van der Waals surface area contributed by atoms with Crippen LogP contribution < -0.4 is 19.5 Å². The van der Waals surface area contributed by atoms with Gasteiger partial charge in [-0.25, -0.2) is 0 Å². The fourth-order valence-corrected chi connectivity index (χ4v) is 1.62. The summed E-state index contributed by atoms with van der Waals surface area (Å²) in [4.78, 5) is 0. The standard InChI is InChI=1S/C14H23NO3/c1-6-15-10-14(2,3)18-13-8-11(16-4)7-12(9-13)17-5/h7-9,15H,6,10H2,1-5H3. The van der Waals surface area contributed by atoms with E-state index in [0.29, 0.717) is 0 Å². The van der Waals surface area contributed by atoms with Crippen LogP contribution in [-0.4, -0.2) is 32.9 Å². The number of rotatable bonds is 7. The third-order valence-corrected chi connectivity index (χ3v) is 2.52. The van der Waals surface area contributed by atoms with Gasteiger partial charge in [0.05, 0.1) is 14.2 Å². The van der Waals surface area contributed by atoms with Gasteiger partial charge in [-0.05, 0) is 20.4 Å². The quantitative estimate of drug-likeness (QED) is 0.810. The number of benzene rings is 1. The van der Waals surface area contributed by atoms with Gasteiger partial charge in [0.15, 0.2) is 0 Å². The molecule has 102 valence electrons. The van der Waals surface area contributed by atoms with Gasteiger partial charge in [-0.3, -0.25) is 0 Å². The lowest BCUT2D eigenvalue weighted by Crippen LogP contribution is -2.40. The Balaban J connectivity index is 2.82. The number of ether oxygens (including phenoxy) is 3. The van der Waals surface area contributed by atoms with Crippen molar-refractivity contribution in [1.82, 2.24) is 5.32 Å². The van der Waals surface area contributed by atoms with Gasteiger partial charge in [0.2, 0.25) is 0 Å². The number of hydrogen-bond donors (Lipinski definition) is 1. The Labute approximate surface area is 109 Å². The van der Waals surface area contributed by atoms with E-state index in [1.807, 2.05) is 32.0 Å². The Bertz CT molecular complexity index is 355. The van der Waals surface area contributed by atoms with Crippen molar-refractivity contribution in [1.29, 1.82) is 0 Å². The van der Waals surface area contributed by atoms with Gasteiger partial charge in [-0.15, -0.1) is 0 Å². The SMILES string of the molecule is CCNCC(C)(C)Oc1cc(OC)cc(OC)c1. The van der Waals surface area contributed by atoms with E-state index in [0.717, 1.165) is 30.3 Å². The van der Waals surface area contributed by atoms with Crippen molar-refractivity contribution in [3.8, 4) is 17.2 Å². The summed E-state index contributed by atoms with van der Waals surface area (Å²) in [5.74, 6) is 2.20. The fraction of sp³-hybridized carbons (Fsp3) is 0.571. The predicted molar refractivity (Wildman–Crippen MR) is 72.8 cm³/mol. The highest BCUT2D eigenvalue weighted by atomic mass is 16.5. The first-order valence-corrected chi connectivity index (χ1v) is 6.13. The van der Waals surface area contributed by atoms with Crippen molar-refractivity contribution in [3.63, 3.8) is 0 Å². The Morgan fingerprint density at radius 1 is 1.00 bits per heavy atom. The summed E-state index contributed by atoms with van der Waals surface area (Å²) in [6.45, 7) is 7.87. The first-order chi connectivity index (χ1) is 8.50. The van der Waals surface area contributed by atoms with Crippen LogP contribution in [0, 0.1) is 0 Å². The molecule has 0 heterocycles. The first-order valence-electron chi connectivity index (χ1n) is 6.13. The van der Waals surface area contributed by atoms with E-state index in [1.165, 1.54) is 0 Å². The molecule has 0 saturated heterocycles. The van der Waals surface area contributed by atoms with E-state index in [9.17, 15) is 0 Å². The molecule has 1 aromatic carbocycles. The minimum atomic E-state index is -0.284. The molecule has 0 spiro atoms. The molecule has 0 aliphatic heterocycles. The van der Waals surface area contributed by atoms with Crippen LogP contribution in [0.15, 0.2) is 18.2 Å². The second kappa shape index (κ2) is 6.50. The largest absolute Gasteiger partial charge is 0.496 e. The third-order valence-electron chi connectivity index (χ3n) is 2.52. The molecular formula is C14H23NO3. The maximum atomic E-state index is 5.97. The molecule has 0 aromatic heterocycles. The van der Waals surface area contributed by atoms with Gasteiger partial charge in [0.25, 0.3) is 0 Å². The summed E-state index contributed by atoms with van der Waals surface area (Å²) in [6.07, 6.45) is 0. The minimum Gasteiger partial charge on any atom is -0.496 e. The summed E-state index contributed by atoms with van der Waals surface area (Å²) in [5, 5.41) is 3.28. The van der Waals surface area contributed by atoms with Crippen LogP contribution in [0.25, 0.3) is 0 Å².